The van der Waals surface area contributed by atoms with E-state index in [0.717, 1.165) is 11.1 Å². The van der Waals surface area contributed by atoms with Crippen molar-refractivity contribution in [3.63, 3.8) is 0 Å². The number of halogens is 1. The highest BCUT2D eigenvalue weighted by molar-refractivity contribution is 5.83. The van der Waals surface area contributed by atoms with Crippen LogP contribution in [0.2, 0.25) is 0 Å². The number of fused-ring (bicyclic) bond motifs is 1. The number of hydrogen-bond acceptors (Lipinski definition) is 5. The molecule has 0 atom stereocenters. The Morgan fingerprint density at radius 2 is 1.78 bits per heavy atom. The summed E-state index contributed by atoms with van der Waals surface area (Å²) in [5.74, 6) is 0.265. The van der Waals surface area contributed by atoms with Crippen LogP contribution in [0.25, 0.3) is 11.2 Å². The molecule has 4 rings (SSSR count). The van der Waals surface area contributed by atoms with Crippen molar-refractivity contribution in [3.8, 4) is 6.07 Å². The number of nitrogens with one attached hydrogen (secondary N) is 1. The predicted molar refractivity (Wildman–Crippen MR) is 99.3 cm³/mol. The van der Waals surface area contributed by atoms with Gasteiger partial charge in [-0.05, 0) is 23.3 Å². The Morgan fingerprint density at radius 1 is 1.00 bits per heavy atom. The first-order valence-electron chi connectivity index (χ1n) is 8.38. The molecule has 0 saturated carbocycles. The van der Waals surface area contributed by atoms with Crippen LogP contribution in [0.15, 0.2) is 60.9 Å². The highest BCUT2D eigenvalue weighted by Gasteiger charge is 2.13. The number of aromatic nitrogens is 4. The molecule has 0 spiro atoms. The summed E-state index contributed by atoms with van der Waals surface area (Å²) >= 11 is 0. The van der Waals surface area contributed by atoms with E-state index < -0.39 is 0 Å². The fourth-order valence-corrected chi connectivity index (χ4v) is 2.80. The van der Waals surface area contributed by atoms with Gasteiger partial charge in [0.2, 0.25) is 5.82 Å². The molecule has 0 fully saturated rings. The molecule has 2 heterocycles. The molecule has 0 bridgehead atoms. The number of imidazole rings is 1. The SMILES string of the molecule is N#Cc1nc(NCc2ccc(F)cc2)c2ncn(Cc3ccccc3)c2n1. The number of anilines is 1. The number of benzene rings is 2. The molecule has 6 nitrogen and oxygen atoms in total. The molecule has 2 aromatic carbocycles. The van der Waals surface area contributed by atoms with Crippen molar-refractivity contribution >= 4 is 17.0 Å². The molecule has 27 heavy (non-hydrogen) atoms. The van der Waals surface area contributed by atoms with Gasteiger partial charge in [-0.1, -0.05) is 42.5 Å². The van der Waals surface area contributed by atoms with E-state index >= 15 is 0 Å². The summed E-state index contributed by atoms with van der Waals surface area (Å²) < 4.78 is 14.9. The lowest BCUT2D eigenvalue weighted by atomic mass is 10.2. The molecule has 0 radical (unpaired) electrons. The fourth-order valence-electron chi connectivity index (χ4n) is 2.80. The van der Waals surface area contributed by atoms with E-state index in [1.54, 1.807) is 18.5 Å². The van der Waals surface area contributed by atoms with Crippen molar-refractivity contribution in [1.82, 2.24) is 19.5 Å². The molecule has 0 aliphatic rings. The van der Waals surface area contributed by atoms with Crippen molar-refractivity contribution in [2.75, 3.05) is 5.32 Å². The minimum atomic E-state index is -0.283. The van der Waals surface area contributed by atoms with Gasteiger partial charge >= 0.3 is 0 Å². The number of nitriles is 1. The maximum Gasteiger partial charge on any atom is 0.236 e. The van der Waals surface area contributed by atoms with E-state index in [2.05, 4.69) is 20.3 Å². The monoisotopic (exact) mass is 358 g/mol. The normalized spacial score (nSPS) is 10.7. The molecule has 7 heteroatoms. The Hall–Kier alpha value is -3.79. The summed E-state index contributed by atoms with van der Waals surface area (Å²) in [7, 11) is 0. The Bertz CT molecular complexity index is 1110. The standard InChI is InChI=1S/C20H15FN6/c21-16-8-6-14(7-9-16)11-23-19-18-20(26-17(10-22)25-19)27(13-24-18)12-15-4-2-1-3-5-15/h1-9,13H,11-12H2,(H,23,25,26). The van der Waals surface area contributed by atoms with Crippen molar-refractivity contribution < 1.29 is 4.39 Å². The average molecular weight is 358 g/mol. The molecular formula is C20H15FN6. The molecule has 2 aromatic heterocycles. The first kappa shape index (κ1) is 16.7. The van der Waals surface area contributed by atoms with Crippen LogP contribution in [0.3, 0.4) is 0 Å². The van der Waals surface area contributed by atoms with Crippen molar-refractivity contribution in [3.05, 3.63) is 83.7 Å². The van der Waals surface area contributed by atoms with Gasteiger partial charge in [-0.2, -0.15) is 15.2 Å². The van der Waals surface area contributed by atoms with E-state index in [0.29, 0.717) is 30.1 Å². The quantitative estimate of drug-likeness (QED) is 0.591. The first-order chi connectivity index (χ1) is 13.2. The molecule has 0 aliphatic heterocycles. The van der Waals surface area contributed by atoms with Gasteiger partial charge in [0.1, 0.15) is 11.9 Å². The second kappa shape index (κ2) is 7.22. The van der Waals surface area contributed by atoms with Crippen LogP contribution >= 0.6 is 0 Å². The smallest absolute Gasteiger partial charge is 0.236 e. The van der Waals surface area contributed by atoms with E-state index in [4.69, 9.17) is 0 Å². The van der Waals surface area contributed by atoms with Crippen molar-refractivity contribution in [2.24, 2.45) is 0 Å². The van der Waals surface area contributed by atoms with Crippen molar-refractivity contribution in [1.29, 1.82) is 5.26 Å². The molecule has 0 aliphatic carbocycles. The lowest BCUT2D eigenvalue weighted by Crippen LogP contribution is -2.06. The number of nitrogens with zero attached hydrogens (tertiary/aromatic N) is 5. The van der Waals surface area contributed by atoms with Gasteiger partial charge < -0.3 is 9.88 Å². The fraction of sp³-hybridized carbons (Fsp3) is 0.100. The lowest BCUT2D eigenvalue weighted by molar-refractivity contribution is 0.627. The third kappa shape index (κ3) is 3.60. The van der Waals surface area contributed by atoms with Gasteiger partial charge in [0.15, 0.2) is 17.0 Å². The lowest BCUT2D eigenvalue weighted by Gasteiger charge is -2.08. The van der Waals surface area contributed by atoms with Crippen LogP contribution in [0.1, 0.15) is 17.0 Å². The van der Waals surface area contributed by atoms with Gasteiger partial charge in [-0.3, -0.25) is 0 Å². The minimum absolute atomic E-state index is 0.0684. The van der Waals surface area contributed by atoms with Crippen molar-refractivity contribution in [2.45, 2.75) is 13.1 Å². The molecule has 1 N–H and O–H groups in total. The van der Waals surface area contributed by atoms with Gasteiger partial charge in [-0.15, -0.1) is 0 Å². The summed E-state index contributed by atoms with van der Waals surface area (Å²) in [4.78, 5) is 13.0. The van der Waals surface area contributed by atoms with E-state index in [1.165, 1.54) is 12.1 Å². The molecule has 132 valence electrons. The molecule has 0 saturated heterocycles. The predicted octanol–water partition coefficient (Wildman–Crippen LogP) is 3.50. The minimum Gasteiger partial charge on any atom is -0.364 e. The van der Waals surface area contributed by atoms with Crippen LogP contribution in [0.5, 0.6) is 0 Å². The summed E-state index contributed by atoms with van der Waals surface area (Å²) in [5.41, 5.74) is 3.18. The van der Waals surface area contributed by atoms with Crippen LogP contribution in [0.4, 0.5) is 10.2 Å². The highest BCUT2D eigenvalue weighted by Crippen LogP contribution is 2.20. The van der Waals surface area contributed by atoms with E-state index in [9.17, 15) is 9.65 Å². The van der Waals surface area contributed by atoms with Crippen LogP contribution in [0, 0.1) is 17.1 Å². The van der Waals surface area contributed by atoms with Crippen LogP contribution in [-0.2, 0) is 13.1 Å². The summed E-state index contributed by atoms with van der Waals surface area (Å²) in [6, 6.07) is 18.1. The average Bonchev–Trinajstić information content (AvgIpc) is 3.11. The first-order valence-corrected chi connectivity index (χ1v) is 8.38. The van der Waals surface area contributed by atoms with E-state index in [-0.39, 0.29) is 11.6 Å². The summed E-state index contributed by atoms with van der Waals surface area (Å²) in [5, 5.41) is 12.5. The molecule has 0 unspecified atom stereocenters. The van der Waals surface area contributed by atoms with Gasteiger partial charge in [0.05, 0.1) is 12.9 Å². The highest BCUT2D eigenvalue weighted by atomic mass is 19.1. The van der Waals surface area contributed by atoms with Gasteiger partial charge in [-0.25, -0.2) is 9.37 Å². The molecular weight excluding hydrogens is 343 g/mol. The van der Waals surface area contributed by atoms with E-state index in [1.807, 2.05) is 41.0 Å². The van der Waals surface area contributed by atoms with Crippen LogP contribution < -0.4 is 5.32 Å². The Morgan fingerprint density at radius 3 is 2.52 bits per heavy atom. The third-order valence-electron chi connectivity index (χ3n) is 4.13. The second-order valence-electron chi connectivity index (χ2n) is 6.02. The molecule has 4 aromatic rings. The zero-order chi connectivity index (χ0) is 18.6. The third-order valence-corrected chi connectivity index (χ3v) is 4.13. The zero-order valence-electron chi connectivity index (χ0n) is 14.3. The maximum absolute atomic E-state index is 13.0. The maximum atomic E-state index is 13.0. The Labute approximate surface area is 155 Å². The summed E-state index contributed by atoms with van der Waals surface area (Å²) in [6.45, 7) is 1.03. The Balaban J connectivity index is 1.66. The number of hydrogen-bond donors (Lipinski definition) is 1. The number of rotatable bonds is 5. The Kier molecular flexibility index (Phi) is 4.45. The van der Waals surface area contributed by atoms with Gasteiger partial charge in [0, 0.05) is 6.54 Å². The zero-order valence-corrected chi connectivity index (χ0v) is 14.3. The van der Waals surface area contributed by atoms with Gasteiger partial charge in [0.25, 0.3) is 0 Å². The molecule has 0 amide bonds. The largest absolute Gasteiger partial charge is 0.364 e. The van der Waals surface area contributed by atoms with Crippen LogP contribution in [-0.4, -0.2) is 19.5 Å². The summed E-state index contributed by atoms with van der Waals surface area (Å²) in [6.07, 6.45) is 1.69. The second-order valence-corrected chi connectivity index (χ2v) is 6.02. The topological polar surface area (TPSA) is 79.4 Å².